The van der Waals surface area contributed by atoms with Crippen LogP contribution in [0.3, 0.4) is 0 Å². The summed E-state index contributed by atoms with van der Waals surface area (Å²) in [7, 11) is 0. The van der Waals surface area contributed by atoms with Crippen LogP contribution in [-0.4, -0.2) is 18.3 Å². The monoisotopic (exact) mass is 193 g/mol. The number of hydrogen-bond donors (Lipinski definition) is 2. The highest BCUT2D eigenvalue weighted by Crippen LogP contribution is 2.25. The van der Waals surface area contributed by atoms with Crippen LogP contribution in [0.15, 0.2) is 24.3 Å². The van der Waals surface area contributed by atoms with Crippen molar-refractivity contribution in [1.82, 2.24) is 0 Å². The SMILES string of the molecule is CC(C)(CO)c1ccccc1CCN. The first-order valence-corrected chi connectivity index (χ1v) is 5.01. The van der Waals surface area contributed by atoms with Crippen LogP contribution in [0.2, 0.25) is 0 Å². The van der Waals surface area contributed by atoms with E-state index in [-0.39, 0.29) is 12.0 Å². The summed E-state index contributed by atoms with van der Waals surface area (Å²) in [5.74, 6) is 0. The molecule has 78 valence electrons. The molecule has 0 fully saturated rings. The van der Waals surface area contributed by atoms with Crippen molar-refractivity contribution in [1.29, 1.82) is 0 Å². The fraction of sp³-hybridized carbons (Fsp3) is 0.500. The third kappa shape index (κ3) is 2.34. The molecule has 1 aromatic carbocycles. The van der Waals surface area contributed by atoms with Crippen LogP contribution in [0.1, 0.15) is 25.0 Å². The fourth-order valence-electron chi connectivity index (χ4n) is 1.64. The molecule has 0 aliphatic carbocycles. The molecule has 2 nitrogen and oxygen atoms in total. The van der Waals surface area contributed by atoms with Gasteiger partial charge in [0.05, 0.1) is 6.61 Å². The minimum Gasteiger partial charge on any atom is -0.395 e. The molecule has 0 bridgehead atoms. The van der Waals surface area contributed by atoms with Gasteiger partial charge in [-0.1, -0.05) is 38.1 Å². The first-order valence-electron chi connectivity index (χ1n) is 5.01. The zero-order valence-electron chi connectivity index (χ0n) is 8.96. The molecule has 0 unspecified atom stereocenters. The van der Waals surface area contributed by atoms with Crippen molar-refractivity contribution in [2.45, 2.75) is 25.7 Å². The summed E-state index contributed by atoms with van der Waals surface area (Å²) in [6.45, 7) is 4.90. The predicted octanol–water partition coefficient (Wildman–Crippen LogP) is 1.46. The summed E-state index contributed by atoms with van der Waals surface area (Å²) in [6, 6.07) is 8.18. The lowest BCUT2D eigenvalue weighted by Gasteiger charge is -2.25. The summed E-state index contributed by atoms with van der Waals surface area (Å²) in [5.41, 5.74) is 7.82. The Labute approximate surface area is 85.8 Å². The first-order chi connectivity index (χ1) is 6.61. The molecule has 0 spiro atoms. The number of rotatable bonds is 4. The van der Waals surface area contributed by atoms with E-state index in [1.165, 1.54) is 11.1 Å². The van der Waals surface area contributed by atoms with E-state index < -0.39 is 0 Å². The van der Waals surface area contributed by atoms with Crippen LogP contribution >= 0.6 is 0 Å². The maximum atomic E-state index is 9.31. The molecule has 1 aromatic rings. The minimum absolute atomic E-state index is 0.161. The van der Waals surface area contributed by atoms with E-state index in [9.17, 15) is 5.11 Å². The van der Waals surface area contributed by atoms with Crippen LogP contribution < -0.4 is 5.73 Å². The van der Waals surface area contributed by atoms with Crippen LogP contribution in [0.5, 0.6) is 0 Å². The number of benzene rings is 1. The lowest BCUT2D eigenvalue weighted by molar-refractivity contribution is 0.218. The van der Waals surface area contributed by atoms with Crippen molar-refractivity contribution in [3.05, 3.63) is 35.4 Å². The summed E-state index contributed by atoms with van der Waals surface area (Å²) in [6.07, 6.45) is 0.875. The van der Waals surface area contributed by atoms with E-state index in [2.05, 4.69) is 12.1 Å². The Morgan fingerprint density at radius 1 is 1.29 bits per heavy atom. The molecule has 0 aromatic heterocycles. The zero-order valence-corrected chi connectivity index (χ0v) is 8.96. The zero-order chi connectivity index (χ0) is 10.6. The Kier molecular flexibility index (Phi) is 3.67. The summed E-state index contributed by atoms with van der Waals surface area (Å²) in [4.78, 5) is 0. The quantitative estimate of drug-likeness (QED) is 0.760. The lowest BCUT2D eigenvalue weighted by Crippen LogP contribution is -2.24. The van der Waals surface area contributed by atoms with Gasteiger partial charge >= 0.3 is 0 Å². The molecule has 3 N–H and O–H groups in total. The van der Waals surface area contributed by atoms with E-state index in [0.29, 0.717) is 6.54 Å². The van der Waals surface area contributed by atoms with Gasteiger partial charge in [0.15, 0.2) is 0 Å². The Balaban J connectivity index is 3.06. The van der Waals surface area contributed by atoms with Gasteiger partial charge in [-0.15, -0.1) is 0 Å². The van der Waals surface area contributed by atoms with Crippen molar-refractivity contribution in [3.63, 3.8) is 0 Å². The Hall–Kier alpha value is -0.860. The molecular weight excluding hydrogens is 174 g/mol. The van der Waals surface area contributed by atoms with Gasteiger partial charge in [-0.2, -0.15) is 0 Å². The summed E-state index contributed by atoms with van der Waals surface area (Å²) < 4.78 is 0. The van der Waals surface area contributed by atoms with Crippen molar-refractivity contribution in [3.8, 4) is 0 Å². The average Bonchev–Trinajstić information content (AvgIpc) is 2.19. The summed E-state index contributed by atoms with van der Waals surface area (Å²) >= 11 is 0. The van der Waals surface area contributed by atoms with E-state index in [1.807, 2.05) is 26.0 Å². The topological polar surface area (TPSA) is 46.2 Å². The van der Waals surface area contributed by atoms with Crippen molar-refractivity contribution in [2.24, 2.45) is 5.73 Å². The molecule has 0 aliphatic heterocycles. The Bertz CT molecular complexity index is 294. The highest BCUT2D eigenvalue weighted by atomic mass is 16.3. The largest absolute Gasteiger partial charge is 0.395 e. The molecule has 0 saturated heterocycles. The average molecular weight is 193 g/mol. The van der Waals surface area contributed by atoms with Gasteiger partial charge in [0, 0.05) is 5.41 Å². The fourth-order valence-corrected chi connectivity index (χ4v) is 1.64. The molecule has 0 atom stereocenters. The van der Waals surface area contributed by atoms with Crippen molar-refractivity contribution >= 4 is 0 Å². The maximum absolute atomic E-state index is 9.31. The van der Waals surface area contributed by atoms with Gasteiger partial charge in [0.2, 0.25) is 0 Å². The summed E-state index contributed by atoms with van der Waals surface area (Å²) in [5, 5.41) is 9.31. The standard InChI is InChI=1S/C12H19NO/c1-12(2,9-14)11-6-4-3-5-10(11)7-8-13/h3-6,14H,7-9,13H2,1-2H3. The number of aliphatic hydroxyl groups is 1. The second-order valence-corrected chi connectivity index (χ2v) is 4.24. The Morgan fingerprint density at radius 3 is 2.50 bits per heavy atom. The van der Waals surface area contributed by atoms with E-state index >= 15 is 0 Å². The highest BCUT2D eigenvalue weighted by molar-refractivity contribution is 5.33. The normalized spacial score (nSPS) is 11.7. The first kappa shape index (κ1) is 11.2. The number of nitrogens with two attached hydrogens (primary N) is 1. The molecule has 0 radical (unpaired) electrons. The molecule has 0 aliphatic rings. The second kappa shape index (κ2) is 4.58. The molecule has 0 saturated carbocycles. The molecule has 2 heteroatoms. The van der Waals surface area contributed by atoms with Crippen molar-refractivity contribution in [2.75, 3.05) is 13.2 Å². The van der Waals surface area contributed by atoms with Crippen LogP contribution in [0.25, 0.3) is 0 Å². The molecule has 14 heavy (non-hydrogen) atoms. The van der Waals surface area contributed by atoms with Gasteiger partial charge < -0.3 is 10.8 Å². The third-order valence-electron chi connectivity index (χ3n) is 2.56. The highest BCUT2D eigenvalue weighted by Gasteiger charge is 2.21. The molecule has 0 amide bonds. The van der Waals surface area contributed by atoms with E-state index in [4.69, 9.17) is 5.73 Å². The predicted molar refractivity (Wildman–Crippen MR) is 59.3 cm³/mol. The molecule has 0 heterocycles. The molecular formula is C12H19NO. The number of aliphatic hydroxyl groups excluding tert-OH is 1. The third-order valence-corrected chi connectivity index (χ3v) is 2.56. The van der Waals surface area contributed by atoms with Crippen LogP contribution in [0, 0.1) is 0 Å². The van der Waals surface area contributed by atoms with Crippen molar-refractivity contribution < 1.29 is 5.11 Å². The smallest absolute Gasteiger partial charge is 0.0522 e. The van der Waals surface area contributed by atoms with Crippen LogP contribution in [-0.2, 0) is 11.8 Å². The van der Waals surface area contributed by atoms with Gasteiger partial charge in [-0.3, -0.25) is 0 Å². The van der Waals surface area contributed by atoms with Gasteiger partial charge in [0.25, 0.3) is 0 Å². The van der Waals surface area contributed by atoms with E-state index in [1.54, 1.807) is 0 Å². The van der Waals surface area contributed by atoms with Gasteiger partial charge in [-0.25, -0.2) is 0 Å². The van der Waals surface area contributed by atoms with E-state index in [0.717, 1.165) is 6.42 Å². The number of hydrogen-bond acceptors (Lipinski definition) is 2. The second-order valence-electron chi connectivity index (χ2n) is 4.24. The lowest BCUT2D eigenvalue weighted by atomic mass is 9.82. The molecule has 1 rings (SSSR count). The van der Waals surface area contributed by atoms with Gasteiger partial charge in [0.1, 0.15) is 0 Å². The Morgan fingerprint density at radius 2 is 1.93 bits per heavy atom. The maximum Gasteiger partial charge on any atom is 0.0522 e. The van der Waals surface area contributed by atoms with Gasteiger partial charge in [-0.05, 0) is 24.1 Å². The minimum atomic E-state index is -0.175. The van der Waals surface area contributed by atoms with Crippen LogP contribution in [0.4, 0.5) is 0 Å².